The predicted octanol–water partition coefficient (Wildman–Crippen LogP) is 3.42. The number of nitrogens with one attached hydrogen (secondary N) is 1. The number of rotatable bonds is 7. The Balaban J connectivity index is 1.96. The van der Waals surface area contributed by atoms with Gasteiger partial charge in [0.25, 0.3) is 0 Å². The van der Waals surface area contributed by atoms with Crippen LogP contribution in [0.25, 0.3) is 11.5 Å². The van der Waals surface area contributed by atoms with Gasteiger partial charge in [-0.3, -0.25) is 4.79 Å². The fourth-order valence-electron chi connectivity index (χ4n) is 2.65. The summed E-state index contributed by atoms with van der Waals surface area (Å²) in [7, 11) is 1.42. The van der Waals surface area contributed by atoms with Gasteiger partial charge in [0, 0.05) is 37.5 Å². The van der Waals surface area contributed by atoms with Gasteiger partial charge < -0.3 is 19.1 Å². The number of halogens is 1. The Morgan fingerprint density at radius 2 is 2.25 bits per heavy atom. The van der Waals surface area contributed by atoms with Crippen LogP contribution < -0.4 is 14.9 Å². The van der Waals surface area contributed by atoms with E-state index in [-0.39, 0.29) is 11.7 Å². The first-order chi connectivity index (χ1) is 13.5. The number of ether oxygens (including phenoxy) is 1. The molecule has 1 amide bonds. The molecule has 3 aromatic rings. The van der Waals surface area contributed by atoms with Gasteiger partial charge in [-0.25, -0.2) is 9.38 Å². The topological polar surface area (TPSA) is 81.7 Å². The van der Waals surface area contributed by atoms with Crippen LogP contribution in [-0.4, -0.2) is 29.3 Å². The lowest BCUT2D eigenvalue weighted by Gasteiger charge is -2.08. The number of methoxy groups -OCH3 is 1. The molecule has 28 heavy (non-hydrogen) atoms. The summed E-state index contributed by atoms with van der Waals surface area (Å²) in [6, 6.07) is 6.42. The van der Waals surface area contributed by atoms with Crippen LogP contribution in [0, 0.1) is 12.7 Å². The third-order valence-electron chi connectivity index (χ3n) is 3.97. The van der Waals surface area contributed by atoms with Crippen molar-refractivity contribution in [2.45, 2.75) is 26.8 Å². The number of hydrogen-bond donors (Lipinski definition) is 1. The molecule has 2 heterocycles. The predicted molar refractivity (Wildman–Crippen MR) is 104 cm³/mol. The average molecular weight is 404 g/mol. The molecule has 0 aliphatic carbocycles. The fourth-order valence-corrected chi connectivity index (χ4v) is 3.59. The Morgan fingerprint density at radius 1 is 1.43 bits per heavy atom. The molecule has 0 saturated carbocycles. The minimum Gasteiger partial charge on any atom is -0.494 e. The Labute approximate surface area is 165 Å². The molecular formula is C19H21FN4O3S. The number of thiazole rings is 1. The lowest BCUT2D eigenvalue weighted by atomic mass is 10.3. The van der Waals surface area contributed by atoms with E-state index in [1.54, 1.807) is 12.1 Å². The third-order valence-corrected chi connectivity index (χ3v) is 4.83. The number of amides is 1. The van der Waals surface area contributed by atoms with Gasteiger partial charge in [0.15, 0.2) is 22.1 Å². The molecule has 0 radical (unpaired) electrons. The standard InChI is InChI=1S/C19H21FN4O3S/c1-12-9-18(27-23-12)16-11-28-19(24(16)8-4-7-21-13(2)25)22-14-5-6-17(26-3)15(20)10-14/h5-6,9-11H,4,7-8H2,1-3H3,(H,21,25). The number of aryl methyl sites for hydroxylation is 1. The first kappa shape index (κ1) is 19.8. The molecule has 2 aromatic heterocycles. The molecule has 3 rings (SSSR count). The van der Waals surface area contributed by atoms with Crippen LogP contribution in [0.2, 0.25) is 0 Å². The minimum absolute atomic E-state index is 0.0694. The molecule has 0 unspecified atom stereocenters. The Morgan fingerprint density at radius 3 is 2.89 bits per heavy atom. The van der Waals surface area contributed by atoms with Crippen LogP contribution in [0.5, 0.6) is 5.75 Å². The van der Waals surface area contributed by atoms with Crippen LogP contribution in [0.1, 0.15) is 19.0 Å². The molecule has 0 spiro atoms. The SMILES string of the molecule is COc1ccc(N=c2scc(-c3cc(C)no3)n2CCCNC(C)=O)cc1F. The van der Waals surface area contributed by atoms with Gasteiger partial charge in [-0.15, -0.1) is 11.3 Å². The van der Waals surface area contributed by atoms with E-state index in [2.05, 4.69) is 15.5 Å². The lowest BCUT2D eigenvalue weighted by molar-refractivity contribution is -0.118. The highest BCUT2D eigenvalue weighted by Gasteiger charge is 2.13. The monoisotopic (exact) mass is 404 g/mol. The molecular weight excluding hydrogens is 383 g/mol. The van der Waals surface area contributed by atoms with Crippen molar-refractivity contribution in [2.24, 2.45) is 4.99 Å². The van der Waals surface area contributed by atoms with Gasteiger partial charge in [0.2, 0.25) is 5.91 Å². The summed E-state index contributed by atoms with van der Waals surface area (Å²) in [5.41, 5.74) is 2.10. The molecule has 0 saturated heterocycles. The van der Waals surface area contributed by atoms with Crippen molar-refractivity contribution in [3.8, 4) is 17.2 Å². The summed E-state index contributed by atoms with van der Waals surface area (Å²) in [6.45, 7) is 4.49. The smallest absolute Gasteiger partial charge is 0.216 e. The normalized spacial score (nSPS) is 11.6. The summed E-state index contributed by atoms with van der Waals surface area (Å²) in [5, 5.41) is 8.65. The Kier molecular flexibility index (Phi) is 6.25. The van der Waals surface area contributed by atoms with Gasteiger partial charge in [0.05, 0.1) is 24.2 Å². The highest BCUT2D eigenvalue weighted by atomic mass is 32.1. The second-order valence-corrected chi connectivity index (χ2v) is 6.99. The van der Waals surface area contributed by atoms with Crippen LogP contribution in [0.3, 0.4) is 0 Å². The van der Waals surface area contributed by atoms with E-state index in [9.17, 15) is 9.18 Å². The average Bonchev–Trinajstić information content (AvgIpc) is 3.25. The van der Waals surface area contributed by atoms with Gasteiger partial charge in [-0.05, 0) is 25.5 Å². The Bertz CT molecular complexity index is 1040. The first-order valence-corrected chi connectivity index (χ1v) is 9.60. The highest BCUT2D eigenvalue weighted by Crippen LogP contribution is 2.24. The lowest BCUT2D eigenvalue weighted by Crippen LogP contribution is -2.24. The fraction of sp³-hybridized carbons (Fsp3) is 0.316. The van der Waals surface area contributed by atoms with Gasteiger partial charge in [0.1, 0.15) is 0 Å². The maximum atomic E-state index is 14.0. The molecule has 0 aliphatic heterocycles. The van der Waals surface area contributed by atoms with Gasteiger partial charge >= 0.3 is 0 Å². The molecule has 0 bridgehead atoms. The molecule has 0 atom stereocenters. The minimum atomic E-state index is -0.469. The largest absolute Gasteiger partial charge is 0.494 e. The van der Waals surface area contributed by atoms with Gasteiger partial charge in [-0.2, -0.15) is 0 Å². The first-order valence-electron chi connectivity index (χ1n) is 8.72. The number of hydrogen-bond acceptors (Lipinski definition) is 6. The van der Waals surface area contributed by atoms with Crippen molar-refractivity contribution in [3.63, 3.8) is 0 Å². The maximum absolute atomic E-state index is 14.0. The molecule has 9 heteroatoms. The zero-order valence-electron chi connectivity index (χ0n) is 15.9. The molecule has 7 nitrogen and oxygen atoms in total. The molecule has 1 N–H and O–H groups in total. The van der Waals surface area contributed by atoms with Crippen molar-refractivity contribution in [2.75, 3.05) is 13.7 Å². The van der Waals surface area contributed by atoms with Crippen LogP contribution in [0.15, 0.2) is 39.2 Å². The van der Waals surface area contributed by atoms with Crippen molar-refractivity contribution >= 4 is 22.9 Å². The van der Waals surface area contributed by atoms with Crippen molar-refractivity contribution < 1.29 is 18.4 Å². The van der Waals surface area contributed by atoms with Crippen molar-refractivity contribution in [1.82, 2.24) is 15.0 Å². The number of benzene rings is 1. The van der Waals surface area contributed by atoms with E-state index >= 15 is 0 Å². The van der Waals surface area contributed by atoms with E-state index in [0.29, 0.717) is 35.8 Å². The third kappa shape index (κ3) is 4.66. The molecule has 1 aromatic carbocycles. The summed E-state index contributed by atoms with van der Waals surface area (Å²) in [4.78, 5) is 16.4. The van der Waals surface area contributed by atoms with E-state index in [0.717, 1.165) is 11.4 Å². The Hall–Kier alpha value is -2.94. The quantitative estimate of drug-likeness (QED) is 0.612. The summed E-state index contributed by atoms with van der Waals surface area (Å²) < 4.78 is 26.3. The van der Waals surface area contributed by atoms with Crippen molar-refractivity contribution in [1.29, 1.82) is 0 Å². The van der Waals surface area contributed by atoms with Gasteiger partial charge in [-0.1, -0.05) is 5.16 Å². The number of carbonyl (C=O) groups is 1. The summed E-state index contributed by atoms with van der Waals surface area (Å²) in [6.07, 6.45) is 0.709. The summed E-state index contributed by atoms with van der Waals surface area (Å²) >= 11 is 1.42. The van der Waals surface area contributed by atoms with E-state index in [1.807, 2.05) is 22.9 Å². The zero-order valence-corrected chi connectivity index (χ0v) is 16.7. The van der Waals surface area contributed by atoms with Crippen LogP contribution >= 0.6 is 11.3 Å². The second kappa shape index (κ2) is 8.83. The summed E-state index contributed by atoms with van der Waals surface area (Å²) in [5.74, 6) is 0.269. The van der Waals surface area contributed by atoms with Crippen LogP contribution in [0.4, 0.5) is 10.1 Å². The number of aromatic nitrogens is 2. The number of nitrogens with zero attached hydrogens (tertiary/aromatic N) is 3. The highest BCUT2D eigenvalue weighted by molar-refractivity contribution is 7.07. The zero-order chi connectivity index (χ0) is 20.1. The van der Waals surface area contributed by atoms with Crippen molar-refractivity contribution in [3.05, 3.63) is 46.0 Å². The molecule has 0 fully saturated rings. The molecule has 148 valence electrons. The second-order valence-electron chi connectivity index (χ2n) is 6.15. The van der Waals surface area contributed by atoms with E-state index in [1.165, 1.54) is 31.4 Å². The number of carbonyl (C=O) groups excluding carboxylic acids is 1. The van der Waals surface area contributed by atoms with E-state index in [4.69, 9.17) is 9.26 Å². The van der Waals surface area contributed by atoms with E-state index < -0.39 is 5.82 Å². The maximum Gasteiger partial charge on any atom is 0.216 e. The molecule has 0 aliphatic rings. The van der Waals surface area contributed by atoms with Crippen LogP contribution in [-0.2, 0) is 11.3 Å².